The summed E-state index contributed by atoms with van der Waals surface area (Å²) in [5.74, 6) is 1.91. The monoisotopic (exact) mass is 377 g/mol. The molecule has 1 aromatic heterocycles. The molecule has 2 fully saturated rings. The summed E-state index contributed by atoms with van der Waals surface area (Å²) >= 11 is 0. The summed E-state index contributed by atoms with van der Waals surface area (Å²) < 4.78 is 11.2. The first-order valence-corrected chi connectivity index (χ1v) is 10.4. The van der Waals surface area contributed by atoms with E-state index in [1.807, 2.05) is 6.07 Å². The number of ether oxygens (including phenoxy) is 1. The summed E-state index contributed by atoms with van der Waals surface area (Å²) in [5.41, 5.74) is 0. The Kier molecular flexibility index (Phi) is 7.98. The Morgan fingerprint density at radius 1 is 1.15 bits per heavy atom. The van der Waals surface area contributed by atoms with E-state index >= 15 is 0 Å². The first-order chi connectivity index (χ1) is 13.3. The molecule has 152 valence electrons. The number of hydrogen-bond donors (Lipinski definition) is 2. The van der Waals surface area contributed by atoms with E-state index in [0.29, 0.717) is 6.04 Å². The smallest absolute Gasteiger partial charge is 0.191 e. The van der Waals surface area contributed by atoms with Crippen LogP contribution in [0.1, 0.15) is 38.5 Å². The lowest BCUT2D eigenvalue weighted by molar-refractivity contribution is 0.0220. The van der Waals surface area contributed by atoms with Crippen molar-refractivity contribution < 1.29 is 9.15 Å². The minimum atomic E-state index is 0.253. The maximum absolute atomic E-state index is 5.72. The number of morpholine rings is 1. The van der Waals surface area contributed by atoms with Crippen LogP contribution in [0.5, 0.6) is 0 Å². The Labute approximate surface area is 163 Å². The van der Waals surface area contributed by atoms with Crippen molar-refractivity contribution in [2.45, 2.75) is 38.8 Å². The molecule has 0 saturated carbocycles. The second kappa shape index (κ2) is 10.7. The van der Waals surface area contributed by atoms with Gasteiger partial charge in [0.05, 0.1) is 32.1 Å². The number of rotatable bonds is 8. The Hall–Kier alpha value is -1.57. The molecular formula is C20H35N5O2. The van der Waals surface area contributed by atoms with E-state index < -0.39 is 0 Å². The van der Waals surface area contributed by atoms with Crippen LogP contribution in [0.15, 0.2) is 27.8 Å². The predicted octanol–water partition coefficient (Wildman–Crippen LogP) is 1.69. The summed E-state index contributed by atoms with van der Waals surface area (Å²) in [5, 5.41) is 6.92. The molecule has 2 saturated heterocycles. The molecule has 2 N–H and O–H groups in total. The molecule has 2 unspecified atom stereocenters. The Morgan fingerprint density at radius 3 is 2.59 bits per heavy atom. The molecule has 0 amide bonds. The van der Waals surface area contributed by atoms with Crippen LogP contribution in [0.2, 0.25) is 0 Å². The minimum Gasteiger partial charge on any atom is -0.468 e. The molecule has 7 nitrogen and oxygen atoms in total. The van der Waals surface area contributed by atoms with Crippen LogP contribution in [-0.4, -0.2) is 80.8 Å². The molecule has 0 aliphatic carbocycles. The molecule has 1 aromatic rings. The van der Waals surface area contributed by atoms with Gasteiger partial charge < -0.3 is 19.8 Å². The number of nitrogens with zero attached hydrogens (tertiary/aromatic N) is 3. The zero-order valence-electron chi connectivity index (χ0n) is 16.8. The standard InChI is InChI=1S/C20H35N5O2/c1-3-21-20(22-15-17(2)24-10-13-26-14-11-24)23-16-18(19-7-6-12-27-19)25-8-4-5-9-25/h6-7,12,17-18H,3-5,8-11,13-16H2,1-2H3,(H2,21,22,23). The van der Waals surface area contributed by atoms with Crippen LogP contribution in [-0.2, 0) is 4.74 Å². The van der Waals surface area contributed by atoms with E-state index in [9.17, 15) is 0 Å². The predicted molar refractivity (Wildman–Crippen MR) is 108 cm³/mol. The third-order valence-corrected chi connectivity index (χ3v) is 5.44. The fraction of sp³-hybridized carbons (Fsp3) is 0.750. The number of nitrogens with one attached hydrogen (secondary N) is 2. The van der Waals surface area contributed by atoms with E-state index in [0.717, 1.165) is 70.7 Å². The first-order valence-electron chi connectivity index (χ1n) is 10.4. The largest absolute Gasteiger partial charge is 0.468 e. The SMILES string of the molecule is CCNC(=NCC(C)N1CCOCC1)NCC(c1ccco1)N1CCCC1. The maximum Gasteiger partial charge on any atom is 0.191 e. The fourth-order valence-corrected chi connectivity index (χ4v) is 3.84. The highest BCUT2D eigenvalue weighted by Crippen LogP contribution is 2.24. The highest BCUT2D eigenvalue weighted by atomic mass is 16.5. The van der Waals surface area contributed by atoms with Gasteiger partial charge in [-0.25, -0.2) is 0 Å². The van der Waals surface area contributed by atoms with Crippen molar-refractivity contribution in [3.8, 4) is 0 Å². The second-order valence-electron chi connectivity index (χ2n) is 7.37. The lowest BCUT2D eigenvalue weighted by Crippen LogP contribution is -2.45. The average molecular weight is 378 g/mol. The van der Waals surface area contributed by atoms with Crippen LogP contribution >= 0.6 is 0 Å². The number of likely N-dealkylation sites (tertiary alicyclic amines) is 1. The molecule has 2 aliphatic rings. The molecule has 3 heterocycles. The van der Waals surface area contributed by atoms with Crippen molar-refractivity contribution in [2.75, 3.05) is 59.0 Å². The van der Waals surface area contributed by atoms with Crippen molar-refractivity contribution in [1.29, 1.82) is 0 Å². The van der Waals surface area contributed by atoms with Crippen LogP contribution < -0.4 is 10.6 Å². The lowest BCUT2D eigenvalue weighted by Gasteiger charge is -2.31. The Bertz CT molecular complexity index is 551. The summed E-state index contributed by atoms with van der Waals surface area (Å²) in [6.45, 7) is 12.7. The van der Waals surface area contributed by atoms with Crippen LogP contribution in [0.4, 0.5) is 0 Å². The van der Waals surface area contributed by atoms with E-state index in [4.69, 9.17) is 14.1 Å². The van der Waals surface area contributed by atoms with Gasteiger partial charge in [-0.3, -0.25) is 14.8 Å². The van der Waals surface area contributed by atoms with Crippen molar-refractivity contribution in [3.05, 3.63) is 24.2 Å². The minimum absolute atomic E-state index is 0.253. The van der Waals surface area contributed by atoms with Gasteiger partial charge in [-0.05, 0) is 51.9 Å². The second-order valence-corrected chi connectivity index (χ2v) is 7.37. The normalized spacial score (nSPS) is 21.9. The molecule has 0 radical (unpaired) electrons. The van der Waals surface area contributed by atoms with E-state index in [-0.39, 0.29) is 6.04 Å². The van der Waals surface area contributed by atoms with Crippen LogP contribution in [0.3, 0.4) is 0 Å². The van der Waals surface area contributed by atoms with Gasteiger partial charge in [0.1, 0.15) is 5.76 Å². The van der Waals surface area contributed by atoms with Gasteiger partial charge in [-0.2, -0.15) is 0 Å². The fourth-order valence-electron chi connectivity index (χ4n) is 3.84. The molecular weight excluding hydrogens is 342 g/mol. The summed E-state index contributed by atoms with van der Waals surface area (Å²) in [6, 6.07) is 4.73. The third kappa shape index (κ3) is 5.96. The topological polar surface area (TPSA) is 65.3 Å². The molecule has 3 rings (SSSR count). The van der Waals surface area contributed by atoms with Gasteiger partial charge in [0.2, 0.25) is 0 Å². The Balaban J connectivity index is 1.56. The van der Waals surface area contributed by atoms with Gasteiger partial charge in [-0.1, -0.05) is 0 Å². The van der Waals surface area contributed by atoms with E-state index in [1.165, 1.54) is 12.8 Å². The number of guanidine groups is 1. The maximum atomic E-state index is 5.72. The zero-order chi connectivity index (χ0) is 18.9. The Morgan fingerprint density at radius 2 is 1.93 bits per heavy atom. The first kappa shape index (κ1) is 20.2. The average Bonchev–Trinajstić information content (AvgIpc) is 3.41. The van der Waals surface area contributed by atoms with Crippen LogP contribution in [0.25, 0.3) is 0 Å². The molecule has 2 aliphatic heterocycles. The highest BCUT2D eigenvalue weighted by Gasteiger charge is 2.25. The molecule has 27 heavy (non-hydrogen) atoms. The molecule has 2 atom stereocenters. The lowest BCUT2D eigenvalue weighted by atomic mass is 10.2. The van der Waals surface area contributed by atoms with Crippen molar-refractivity contribution in [2.24, 2.45) is 4.99 Å². The van der Waals surface area contributed by atoms with Gasteiger partial charge in [0.15, 0.2) is 5.96 Å². The summed E-state index contributed by atoms with van der Waals surface area (Å²) in [4.78, 5) is 9.79. The molecule has 0 spiro atoms. The third-order valence-electron chi connectivity index (χ3n) is 5.44. The van der Waals surface area contributed by atoms with Crippen molar-refractivity contribution >= 4 is 5.96 Å². The summed E-state index contributed by atoms with van der Waals surface area (Å²) in [6.07, 6.45) is 4.30. The van der Waals surface area contributed by atoms with Gasteiger partial charge in [0.25, 0.3) is 0 Å². The molecule has 0 bridgehead atoms. The molecule has 7 heteroatoms. The molecule has 0 aromatic carbocycles. The number of aliphatic imine (C=N–C) groups is 1. The number of hydrogen-bond acceptors (Lipinski definition) is 5. The number of furan rings is 1. The van der Waals surface area contributed by atoms with Gasteiger partial charge in [0, 0.05) is 32.2 Å². The van der Waals surface area contributed by atoms with E-state index in [1.54, 1.807) is 6.26 Å². The van der Waals surface area contributed by atoms with Crippen molar-refractivity contribution in [1.82, 2.24) is 20.4 Å². The van der Waals surface area contributed by atoms with Crippen molar-refractivity contribution in [3.63, 3.8) is 0 Å². The summed E-state index contributed by atoms with van der Waals surface area (Å²) in [7, 11) is 0. The highest BCUT2D eigenvalue weighted by molar-refractivity contribution is 5.79. The zero-order valence-corrected chi connectivity index (χ0v) is 16.8. The quantitative estimate of drug-likeness (QED) is 0.531. The van der Waals surface area contributed by atoms with Crippen LogP contribution in [0, 0.1) is 0 Å². The van der Waals surface area contributed by atoms with E-state index in [2.05, 4.69) is 40.3 Å². The van der Waals surface area contributed by atoms with Gasteiger partial charge >= 0.3 is 0 Å². The van der Waals surface area contributed by atoms with Gasteiger partial charge in [-0.15, -0.1) is 0 Å².